The maximum Gasteiger partial charge on any atom is 0.160 e. The summed E-state index contributed by atoms with van der Waals surface area (Å²) in [4.78, 5) is 0.312. The smallest absolute Gasteiger partial charge is 0.160 e. The zero-order chi connectivity index (χ0) is 8.43. The molecule has 0 atom stereocenters. The minimum atomic E-state index is -0.968. The number of benzene rings is 1. The second-order valence-corrected chi connectivity index (χ2v) is 3.24. The normalized spacial score (nSPS) is 10.2. The van der Waals surface area contributed by atoms with Crippen molar-refractivity contribution >= 4 is 33.3 Å². The molecule has 0 aromatic heterocycles. The third kappa shape index (κ3) is 1.98. The standard InChI is InChI=1S/C6H2Cl2F2S/c7-3-1-4(9)5(10)2-6(3)11-8/h1-2H. The largest absolute Gasteiger partial charge is 0.204 e. The summed E-state index contributed by atoms with van der Waals surface area (Å²) in [5, 5.41) is 0.115. The average Bonchev–Trinajstić information content (AvgIpc) is 1.97. The highest BCUT2D eigenvalue weighted by Gasteiger charge is 2.07. The Balaban J connectivity index is 3.21. The monoisotopic (exact) mass is 214 g/mol. The first kappa shape index (κ1) is 9.10. The van der Waals surface area contributed by atoms with Crippen LogP contribution in [-0.2, 0) is 0 Å². The van der Waals surface area contributed by atoms with Gasteiger partial charge >= 0.3 is 0 Å². The molecule has 60 valence electrons. The van der Waals surface area contributed by atoms with Gasteiger partial charge in [0.05, 0.1) is 5.02 Å². The van der Waals surface area contributed by atoms with E-state index in [1.165, 1.54) is 0 Å². The van der Waals surface area contributed by atoms with Crippen LogP contribution in [0.3, 0.4) is 0 Å². The van der Waals surface area contributed by atoms with Gasteiger partial charge < -0.3 is 0 Å². The molecule has 0 aliphatic carbocycles. The highest BCUT2D eigenvalue weighted by Crippen LogP contribution is 2.31. The second-order valence-electron chi connectivity index (χ2n) is 1.77. The van der Waals surface area contributed by atoms with Gasteiger partial charge in [-0.15, -0.1) is 0 Å². The van der Waals surface area contributed by atoms with Gasteiger partial charge in [0.2, 0.25) is 0 Å². The molecule has 0 aliphatic heterocycles. The molecule has 0 amide bonds. The van der Waals surface area contributed by atoms with Gasteiger partial charge in [-0.05, 0) is 33.8 Å². The molecule has 0 bridgehead atoms. The van der Waals surface area contributed by atoms with E-state index in [0.717, 1.165) is 23.1 Å². The van der Waals surface area contributed by atoms with Crippen molar-refractivity contribution in [3.63, 3.8) is 0 Å². The van der Waals surface area contributed by atoms with Crippen LogP contribution in [0, 0.1) is 11.6 Å². The minimum absolute atomic E-state index is 0.115. The third-order valence-corrected chi connectivity index (χ3v) is 2.49. The Hall–Kier alpha value is 0.01000. The lowest BCUT2D eigenvalue weighted by molar-refractivity contribution is 0.506. The maximum absolute atomic E-state index is 12.4. The zero-order valence-corrected chi connectivity index (χ0v) is 7.40. The van der Waals surface area contributed by atoms with Crippen LogP contribution in [0.4, 0.5) is 8.78 Å². The van der Waals surface area contributed by atoms with Gasteiger partial charge in [-0.1, -0.05) is 11.6 Å². The fraction of sp³-hybridized carbons (Fsp3) is 0. The van der Waals surface area contributed by atoms with Crippen LogP contribution in [0.15, 0.2) is 17.0 Å². The summed E-state index contributed by atoms with van der Waals surface area (Å²) in [6, 6.07) is 1.84. The fourth-order valence-corrected chi connectivity index (χ4v) is 1.61. The predicted molar refractivity (Wildman–Crippen MR) is 43.1 cm³/mol. The van der Waals surface area contributed by atoms with Crippen LogP contribution in [0.5, 0.6) is 0 Å². The summed E-state index contributed by atoms with van der Waals surface area (Å²) in [6.45, 7) is 0. The Morgan fingerprint density at radius 1 is 1.18 bits per heavy atom. The maximum atomic E-state index is 12.4. The van der Waals surface area contributed by atoms with Crippen LogP contribution in [0.2, 0.25) is 5.02 Å². The van der Waals surface area contributed by atoms with Gasteiger partial charge in [-0.25, -0.2) is 8.78 Å². The van der Waals surface area contributed by atoms with Gasteiger partial charge in [0.25, 0.3) is 0 Å². The minimum Gasteiger partial charge on any atom is -0.204 e. The van der Waals surface area contributed by atoms with Crippen molar-refractivity contribution in [2.75, 3.05) is 0 Å². The Morgan fingerprint density at radius 3 is 2.27 bits per heavy atom. The van der Waals surface area contributed by atoms with Gasteiger partial charge in [0.15, 0.2) is 11.6 Å². The van der Waals surface area contributed by atoms with Crippen LogP contribution in [0.25, 0.3) is 0 Å². The summed E-state index contributed by atoms with van der Waals surface area (Å²) < 4.78 is 24.8. The van der Waals surface area contributed by atoms with Crippen molar-refractivity contribution in [1.82, 2.24) is 0 Å². The van der Waals surface area contributed by atoms with E-state index in [2.05, 4.69) is 0 Å². The van der Waals surface area contributed by atoms with Crippen LogP contribution < -0.4 is 0 Å². The SMILES string of the molecule is Fc1cc(Cl)c(SCl)cc1F. The first-order valence-corrected chi connectivity index (χ1v) is 4.60. The predicted octanol–water partition coefficient (Wildman–Crippen LogP) is 3.86. The van der Waals surface area contributed by atoms with Crippen molar-refractivity contribution in [3.05, 3.63) is 28.8 Å². The quantitative estimate of drug-likeness (QED) is 0.641. The topological polar surface area (TPSA) is 0 Å². The fourth-order valence-electron chi connectivity index (χ4n) is 0.563. The van der Waals surface area contributed by atoms with E-state index in [1.54, 1.807) is 0 Å². The van der Waals surface area contributed by atoms with Crippen LogP contribution in [0.1, 0.15) is 0 Å². The van der Waals surface area contributed by atoms with Crippen molar-refractivity contribution in [2.24, 2.45) is 0 Å². The van der Waals surface area contributed by atoms with Gasteiger partial charge in [-0.3, -0.25) is 0 Å². The molecular weight excluding hydrogens is 213 g/mol. The first-order chi connectivity index (χ1) is 5.15. The molecule has 0 radical (unpaired) electrons. The van der Waals surface area contributed by atoms with E-state index in [-0.39, 0.29) is 5.02 Å². The molecule has 1 aromatic rings. The summed E-state index contributed by atoms with van der Waals surface area (Å²) in [5.41, 5.74) is 0. The lowest BCUT2D eigenvalue weighted by Gasteiger charge is -1.98. The Morgan fingerprint density at radius 2 is 1.73 bits per heavy atom. The van der Waals surface area contributed by atoms with Crippen molar-refractivity contribution < 1.29 is 8.78 Å². The first-order valence-electron chi connectivity index (χ1n) is 2.58. The molecule has 1 aromatic carbocycles. The lowest BCUT2D eigenvalue weighted by Crippen LogP contribution is -1.83. The van der Waals surface area contributed by atoms with E-state index in [9.17, 15) is 8.78 Å². The highest BCUT2D eigenvalue weighted by molar-refractivity contribution is 8.21. The van der Waals surface area contributed by atoms with E-state index in [0.29, 0.717) is 4.90 Å². The Bertz CT molecular complexity index is 278. The highest BCUT2D eigenvalue weighted by atomic mass is 35.7. The van der Waals surface area contributed by atoms with Crippen molar-refractivity contribution in [2.45, 2.75) is 4.90 Å². The molecule has 1 rings (SSSR count). The Labute approximate surface area is 76.0 Å². The molecule has 0 N–H and O–H groups in total. The molecular formula is C6H2Cl2F2S. The molecule has 0 unspecified atom stereocenters. The number of halogens is 4. The number of rotatable bonds is 1. The van der Waals surface area contributed by atoms with E-state index in [1.807, 2.05) is 0 Å². The van der Waals surface area contributed by atoms with Gasteiger partial charge in [0.1, 0.15) is 0 Å². The van der Waals surface area contributed by atoms with Crippen LogP contribution >= 0.6 is 33.3 Å². The van der Waals surface area contributed by atoms with Crippen molar-refractivity contribution in [1.29, 1.82) is 0 Å². The molecule has 0 saturated heterocycles. The molecule has 0 nitrogen and oxygen atoms in total. The number of hydrogen-bond donors (Lipinski definition) is 0. The van der Waals surface area contributed by atoms with E-state index in [4.69, 9.17) is 22.3 Å². The third-order valence-electron chi connectivity index (χ3n) is 1.06. The van der Waals surface area contributed by atoms with Crippen LogP contribution in [-0.4, -0.2) is 0 Å². The Kier molecular flexibility index (Phi) is 2.98. The van der Waals surface area contributed by atoms with E-state index < -0.39 is 11.6 Å². The summed E-state index contributed by atoms with van der Waals surface area (Å²) in [7, 11) is 6.05. The summed E-state index contributed by atoms with van der Waals surface area (Å²) in [6.07, 6.45) is 0. The molecule has 0 aliphatic rings. The molecule has 0 saturated carbocycles. The molecule has 5 heteroatoms. The summed E-state index contributed by atoms with van der Waals surface area (Å²) >= 11 is 5.49. The number of hydrogen-bond acceptors (Lipinski definition) is 1. The molecule has 0 heterocycles. The summed E-state index contributed by atoms with van der Waals surface area (Å²) in [5.74, 6) is -1.91. The second kappa shape index (κ2) is 3.61. The molecule has 0 spiro atoms. The molecule has 11 heavy (non-hydrogen) atoms. The lowest BCUT2D eigenvalue weighted by atomic mass is 10.3. The zero-order valence-electron chi connectivity index (χ0n) is 5.07. The van der Waals surface area contributed by atoms with E-state index >= 15 is 0 Å². The average molecular weight is 215 g/mol. The molecule has 0 fully saturated rings. The van der Waals surface area contributed by atoms with Gasteiger partial charge in [0, 0.05) is 4.90 Å². The van der Waals surface area contributed by atoms with Gasteiger partial charge in [-0.2, -0.15) is 0 Å². The van der Waals surface area contributed by atoms with Crippen molar-refractivity contribution in [3.8, 4) is 0 Å².